The average molecular weight is 294 g/mol. The van der Waals surface area contributed by atoms with Gasteiger partial charge in [0.15, 0.2) is 12.2 Å². The summed E-state index contributed by atoms with van der Waals surface area (Å²) in [5.74, 6) is -1.91. The van der Waals surface area contributed by atoms with Crippen LogP contribution in [0.25, 0.3) is 0 Å². The highest BCUT2D eigenvalue weighted by Gasteiger charge is 2.30. The van der Waals surface area contributed by atoms with E-state index in [-0.39, 0.29) is 18.1 Å². The Morgan fingerprint density at radius 2 is 2.19 bits per heavy atom. The highest BCUT2D eigenvalue weighted by molar-refractivity contribution is 5.99. The van der Waals surface area contributed by atoms with Crippen molar-refractivity contribution in [3.63, 3.8) is 0 Å². The largest absolute Gasteiger partial charge is 0.482 e. The quantitative estimate of drug-likeness (QED) is 0.598. The minimum atomic E-state index is -2.05. The van der Waals surface area contributed by atoms with Crippen molar-refractivity contribution in [2.45, 2.75) is 12.5 Å². The molecule has 0 aromatic heterocycles. The molecule has 1 aliphatic heterocycles. The van der Waals surface area contributed by atoms with Gasteiger partial charge in [0.1, 0.15) is 5.75 Å². The van der Waals surface area contributed by atoms with Crippen LogP contribution >= 0.6 is 0 Å². The van der Waals surface area contributed by atoms with Gasteiger partial charge in [0.05, 0.1) is 12.2 Å². The molecule has 0 bridgehead atoms. The summed E-state index contributed by atoms with van der Waals surface area (Å²) in [4.78, 5) is 33.8. The molecular formula is C13H14N2O6. The Labute approximate surface area is 119 Å². The van der Waals surface area contributed by atoms with E-state index in [0.717, 1.165) is 6.92 Å². The van der Waals surface area contributed by atoms with Crippen LogP contribution in [0, 0.1) is 0 Å². The minimum Gasteiger partial charge on any atom is -0.482 e. The average Bonchev–Trinajstić information content (AvgIpc) is 2.44. The summed E-state index contributed by atoms with van der Waals surface area (Å²) < 4.78 is 5.17. The number of benzene rings is 1. The summed E-state index contributed by atoms with van der Waals surface area (Å²) in [5, 5.41) is 23.2. The van der Waals surface area contributed by atoms with Gasteiger partial charge in [-0.2, -0.15) is 0 Å². The third kappa shape index (κ3) is 3.29. The van der Waals surface area contributed by atoms with Gasteiger partial charge in [-0.1, -0.05) is 0 Å². The molecule has 1 aromatic rings. The van der Waals surface area contributed by atoms with Crippen molar-refractivity contribution in [3.8, 4) is 5.75 Å². The van der Waals surface area contributed by atoms with Crippen LogP contribution in [0.15, 0.2) is 18.2 Å². The van der Waals surface area contributed by atoms with Crippen molar-refractivity contribution in [2.75, 3.05) is 18.5 Å². The summed E-state index contributed by atoms with van der Waals surface area (Å²) in [7, 11) is 0. The van der Waals surface area contributed by atoms with Crippen molar-refractivity contribution in [3.05, 3.63) is 23.8 Å². The van der Waals surface area contributed by atoms with Crippen LogP contribution in [0.5, 0.6) is 5.75 Å². The van der Waals surface area contributed by atoms with Crippen molar-refractivity contribution in [2.24, 2.45) is 0 Å². The first-order valence-corrected chi connectivity index (χ1v) is 6.10. The van der Waals surface area contributed by atoms with Gasteiger partial charge in [0.2, 0.25) is 0 Å². The number of amides is 2. The van der Waals surface area contributed by atoms with Crippen LogP contribution in [0.4, 0.5) is 5.69 Å². The van der Waals surface area contributed by atoms with Crippen LogP contribution in [-0.4, -0.2) is 46.7 Å². The van der Waals surface area contributed by atoms with E-state index < -0.39 is 24.0 Å². The maximum Gasteiger partial charge on any atom is 0.337 e. The van der Waals surface area contributed by atoms with Crippen LogP contribution in [0.3, 0.4) is 0 Å². The Bertz CT molecular complexity index is 611. The fraction of sp³-hybridized carbons (Fsp3) is 0.308. The Morgan fingerprint density at radius 3 is 2.86 bits per heavy atom. The number of ether oxygens (including phenoxy) is 1. The van der Waals surface area contributed by atoms with Gasteiger partial charge in [-0.25, -0.2) is 4.79 Å². The van der Waals surface area contributed by atoms with E-state index in [1.165, 1.54) is 18.2 Å². The second-order valence-corrected chi connectivity index (χ2v) is 4.81. The number of aliphatic carboxylic acids is 1. The lowest BCUT2D eigenvalue weighted by Crippen LogP contribution is -2.46. The number of hydrogen-bond acceptors (Lipinski definition) is 5. The zero-order valence-corrected chi connectivity index (χ0v) is 11.2. The molecule has 0 fully saturated rings. The second kappa shape index (κ2) is 5.41. The molecule has 1 atom stereocenters. The number of rotatable bonds is 4. The number of carbonyl (C=O) groups excluding carboxylic acids is 2. The Hall–Kier alpha value is -2.61. The van der Waals surface area contributed by atoms with Gasteiger partial charge in [0, 0.05) is 5.56 Å². The molecule has 0 saturated carbocycles. The normalized spacial score (nSPS) is 16.0. The van der Waals surface area contributed by atoms with E-state index in [0.29, 0.717) is 11.4 Å². The van der Waals surface area contributed by atoms with Gasteiger partial charge >= 0.3 is 5.97 Å². The summed E-state index contributed by atoms with van der Waals surface area (Å²) in [6, 6.07) is 4.40. The van der Waals surface area contributed by atoms with Crippen molar-refractivity contribution < 1.29 is 29.3 Å². The Kier molecular flexibility index (Phi) is 3.81. The molecule has 1 heterocycles. The fourth-order valence-corrected chi connectivity index (χ4v) is 1.65. The first kappa shape index (κ1) is 14.8. The third-order valence-electron chi connectivity index (χ3n) is 2.93. The zero-order valence-electron chi connectivity index (χ0n) is 11.2. The van der Waals surface area contributed by atoms with E-state index in [1.807, 2.05) is 0 Å². The van der Waals surface area contributed by atoms with E-state index in [9.17, 15) is 19.5 Å². The molecule has 0 aliphatic carbocycles. The Balaban J connectivity index is 2.07. The predicted molar refractivity (Wildman–Crippen MR) is 71.2 cm³/mol. The molecule has 2 rings (SSSR count). The maximum atomic E-state index is 11.9. The molecule has 1 aliphatic rings. The molecule has 8 nitrogen and oxygen atoms in total. The number of anilines is 1. The topological polar surface area (TPSA) is 125 Å². The molecule has 8 heteroatoms. The van der Waals surface area contributed by atoms with Crippen LogP contribution in [-0.2, 0) is 9.59 Å². The first-order chi connectivity index (χ1) is 9.79. The molecule has 21 heavy (non-hydrogen) atoms. The maximum absolute atomic E-state index is 11.9. The lowest BCUT2D eigenvalue weighted by Gasteiger charge is -2.20. The highest BCUT2D eigenvalue weighted by atomic mass is 16.5. The number of hydrogen-bond donors (Lipinski definition) is 4. The summed E-state index contributed by atoms with van der Waals surface area (Å²) >= 11 is 0. The monoisotopic (exact) mass is 294 g/mol. The molecule has 2 amide bonds. The van der Waals surface area contributed by atoms with Crippen LogP contribution in [0.1, 0.15) is 17.3 Å². The second-order valence-electron chi connectivity index (χ2n) is 4.81. The number of carboxylic acids is 1. The standard InChI is InChI=1S/C13H14N2O6/c1-13(20,12(18)19)6-14-11(17)7-2-3-8-9(4-7)21-5-10(16)15-8/h2-4,20H,5-6H2,1H3,(H,14,17)(H,15,16)(H,18,19). The Morgan fingerprint density at radius 1 is 1.48 bits per heavy atom. The molecular weight excluding hydrogens is 280 g/mol. The van der Waals surface area contributed by atoms with Gasteiger partial charge in [0.25, 0.3) is 11.8 Å². The van der Waals surface area contributed by atoms with Crippen LogP contribution in [0.2, 0.25) is 0 Å². The molecule has 0 spiro atoms. The zero-order chi connectivity index (χ0) is 15.6. The lowest BCUT2D eigenvalue weighted by atomic mass is 10.1. The van der Waals surface area contributed by atoms with E-state index >= 15 is 0 Å². The first-order valence-electron chi connectivity index (χ1n) is 6.10. The summed E-state index contributed by atoms with van der Waals surface area (Å²) in [6.07, 6.45) is 0. The molecule has 112 valence electrons. The van der Waals surface area contributed by atoms with Crippen molar-refractivity contribution >= 4 is 23.5 Å². The van der Waals surface area contributed by atoms with Crippen molar-refractivity contribution in [1.82, 2.24) is 5.32 Å². The summed E-state index contributed by atoms with van der Waals surface area (Å²) in [6.45, 7) is 0.517. The number of carboxylic acid groups (broad SMARTS) is 1. The molecule has 1 aromatic carbocycles. The van der Waals surface area contributed by atoms with Crippen molar-refractivity contribution in [1.29, 1.82) is 0 Å². The minimum absolute atomic E-state index is 0.133. The van der Waals surface area contributed by atoms with Gasteiger partial charge < -0.3 is 25.6 Å². The van der Waals surface area contributed by atoms with Gasteiger partial charge in [-0.3, -0.25) is 9.59 Å². The van der Waals surface area contributed by atoms with Gasteiger partial charge in [-0.15, -0.1) is 0 Å². The SMILES string of the molecule is CC(O)(CNC(=O)c1ccc2c(c1)OCC(=O)N2)C(=O)O. The predicted octanol–water partition coefficient (Wildman–Crippen LogP) is -0.417. The number of aliphatic hydroxyl groups is 1. The smallest absolute Gasteiger partial charge is 0.337 e. The summed E-state index contributed by atoms with van der Waals surface area (Å²) in [5.41, 5.74) is -1.36. The third-order valence-corrected chi connectivity index (χ3v) is 2.93. The fourth-order valence-electron chi connectivity index (χ4n) is 1.65. The molecule has 0 saturated heterocycles. The molecule has 0 radical (unpaired) electrons. The number of nitrogens with one attached hydrogen (secondary N) is 2. The van der Waals surface area contributed by atoms with E-state index in [2.05, 4.69) is 10.6 Å². The van der Waals surface area contributed by atoms with Crippen LogP contribution < -0.4 is 15.4 Å². The number of carbonyl (C=O) groups is 3. The molecule has 1 unspecified atom stereocenters. The highest BCUT2D eigenvalue weighted by Crippen LogP contribution is 2.28. The lowest BCUT2D eigenvalue weighted by molar-refractivity contribution is -0.155. The van der Waals surface area contributed by atoms with E-state index in [4.69, 9.17) is 9.84 Å². The number of fused-ring (bicyclic) bond motifs is 1. The van der Waals surface area contributed by atoms with E-state index in [1.54, 1.807) is 0 Å². The van der Waals surface area contributed by atoms with Gasteiger partial charge in [-0.05, 0) is 25.1 Å². The molecule has 4 N–H and O–H groups in total.